The molecule has 0 aromatic heterocycles. The van der Waals surface area contributed by atoms with Crippen molar-refractivity contribution < 1.29 is 0 Å². The Kier molecular flexibility index (Phi) is 9.02. The summed E-state index contributed by atoms with van der Waals surface area (Å²) >= 11 is 0. The summed E-state index contributed by atoms with van der Waals surface area (Å²) in [5, 5.41) is 3.97. The van der Waals surface area contributed by atoms with Crippen LogP contribution in [-0.2, 0) is 6.42 Å². The van der Waals surface area contributed by atoms with Crippen LogP contribution in [0.4, 0.5) is 11.4 Å². The van der Waals surface area contributed by atoms with Crippen LogP contribution in [0.1, 0.15) is 11.1 Å². The first-order valence-electron chi connectivity index (χ1n) is 19.8. The van der Waals surface area contributed by atoms with Crippen molar-refractivity contribution in [2.45, 2.75) is 6.42 Å². The molecule has 0 bridgehead atoms. The van der Waals surface area contributed by atoms with Gasteiger partial charge in [-0.2, -0.15) is 0 Å². The van der Waals surface area contributed by atoms with Crippen molar-refractivity contribution in [3.05, 3.63) is 248 Å². The molecular formula is C55H41NSi. The lowest BCUT2D eigenvalue weighted by Gasteiger charge is -2.47. The van der Waals surface area contributed by atoms with Gasteiger partial charge in [0.15, 0.2) is 0 Å². The van der Waals surface area contributed by atoms with Gasteiger partial charge in [0.05, 0.1) is 0 Å². The molecule has 0 N–H and O–H groups in total. The predicted octanol–water partition coefficient (Wildman–Crippen LogP) is 12.1. The molecular weight excluding hydrogens is 703 g/mol. The van der Waals surface area contributed by atoms with Crippen molar-refractivity contribution in [2.75, 3.05) is 4.57 Å². The lowest BCUT2D eigenvalue weighted by atomic mass is 9.80. The standard InChI is InChI=1S/C55H41NSi/c1-8-24-41(25-9-1)51-52(42-26-10-2-11-27-42)54-49-39-23-22-30-44(49)40-50(54)55(53(51)43-28-12-3-13-29-43)56(45-31-14-4-15-32-45)57(46-33-16-5-17-34-46,47-35-18-6-19-36-47)48-37-20-7-21-38-48/h1-39H,40H2. The summed E-state index contributed by atoms with van der Waals surface area (Å²) in [5.41, 5.74) is 15.2. The van der Waals surface area contributed by atoms with Crippen LogP contribution in [0, 0.1) is 0 Å². The van der Waals surface area contributed by atoms with Crippen LogP contribution < -0.4 is 20.1 Å². The van der Waals surface area contributed by atoms with Crippen LogP contribution in [0.25, 0.3) is 44.5 Å². The molecule has 0 unspecified atom stereocenters. The van der Waals surface area contributed by atoms with Crippen molar-refractivity contribution >= 4 is 35.2 Å². The summed E-state index contributed by atoms with van der Waals surface area (Å²) in [6, 6.07) is 87.6. The van der Waals surface area contributed by atoms with Crippen molar-refractivity contribution in [1.82, 2.24) is 0 Å². The van der Waals surface area contributed by atoms with Crippen LogP contribution in [-0.4, -0.2) is 8.24 Å². The fourth-order valence-electron chi connectivity index (χ4n) is 9.28. The first-order valence-corrected chi connectivity index (χ1v) is 21.8. The highest BCUT2D eigenvalue weighted by atomic mass is 28.3. The average molecular weight is 744 g/mol. The van der Waals surface area contributed by atoms with E-state index < -0.39 is 8.24 Å². The highest BCUT2D eigenvalue weighted by Crippen LogP contribution is 2.57. The molecule has 2 heteroatoms. The van der Waals surface area contributed by atoms with E-state index in [9.17, 15) is 0 Å². The molecule has 0 saturated heterocycles. The third-order valence-electron chi connectivity index (χ3n) is 11.6. The first kappa shape index (κ1) is 34.5. The second kappa shape index (κ2) is 14.9. The molecule has 0 heterocycles. The Bertz CT molecular complexity index is 2670. The van der Waals surface area contributed by atoms with E-state index in [-0.39, 0.29) is 0 Å². The largest absolute Gasteiger partial charge is 0.355 e. The zero-order valence-electron chi connectivity index (χ0n) is 31.7. The van der Waals surface area contributed by atoms with Crippen LogP contribution in [0.3, 0.4) is 0 Å². The summed E-state index contributed by atoms with van der Waals surface area (Å²) in [5.74, 6) is 0. The summed E-state index contributed by atoms with van der Waals surface area (Å²) in [6.07, 6.45) is 0.821. The van der Waals surface area contributed by atoms with Gasteiger partial charge in [-0.1, -0.05) is 224 Å². The lowest BCUT2D eigenvalue weighted by Crippen LogP contribution is -2.76. The van der Waals surface area contributed by atoms with E-state index in [1.807, 2.05) is 0 Å². The maximum atomic E-state index is 2.83. The van der Waals surface area contributed by atoms with Gasteiger partial charge >= 0.3 is 0 Å². The molecule has 1 nitrogen and oxygen atoms in total. The van der Waals surface area contributed by atoms with Crippen LogP contribution in [0.2, 0.25) is 0 Å². The van der Waals surface area contributed by atoms with Crippen molar-refractivity contribution in [1.29, 1.82) is 0 Å². The molecule has 0 atom stereocenters. The van der Waals surface area contributed by atoms with Gasteiger partial charge in [-0.05, 0) is 72.2 Å². The molecule has 1 aliphatic rings. The Morgan fingerprint density at radius 3 is 1.12 bits per heavy atom. The van der Waals surface area contributed by atoms with Crippen molar-refractivity contribution in [3.8, 4) is 44.5 Å². The highest BCUT2D eigenvalue weighted by Gasteiger charge is 2.49. The molecule has 0 saturated carbocycles. The molecule has 270 valence electrons. The zero-order chi connectivity index (χ0) is 38.0. The van der Waals surface area contributed by atoms with Crippen molar-refractivity contribution in [2.24, 2.45) is 0 Å². The van der Waals surface area contributed by atoms with Gasteiger partial charge in [0, 0.05) is 28.9 Å². The number of nitrogens with zero attached hydrogens (tertiary/aromatic N) is 1. The highest BCUT2D eigenvalue weighted by molar-refractivity contribution is 7.14. The van der Waals surface area contributed by atoms with Crippen LogP contribution in [0.15, 0.2) is 237 Å². The molecule has 9 aromatic rings. The fraction of sp³-hybridized carbons (Fsp3) is 0.0182. The van der Waals surface area contributed by atoms with Crippen LogP contribution in [0.5, 0.6) is 0 Å². The number of hydrogen-bond donors (Lipinski definition) is 0. The first-order chi connectivity index (χ1) is 28.3. The van der Waals surface area contributed by atoms with Gasteiger partial charge < -0.3 is 4.57 Å². The topological polar surface area (TPSA) is 3.24 Å². The number of hydrogen-bond acceptors (Lipinski definition) is 1. The van der Waals surface area contributed by atoms with E-state index in [1.54, 1.807) is 0 Å². The second-order valence-electron chi connectivity index (χ2n) is 14.7. The smallest absolute Gasteiger partial charge is 0.257 e. The summed E-state index contributed by atoms with van der Waals surface area (Å²) in [6.45, 7) is 0. The number of benzene rings is 9. The minimum absolute atomic E-state index is 0.821. The van der Waals surface area contributed by atoms with Crippen LogP contribution >= 0.6 is 0 Å². The minimum Gasteiger partial charge on any atom is -0.355 e. The second-order valence-corrected chi connectivity index (χ2v) is 18.3. The summed E-state index contributed by atoms with van der Waals surface area (Å²) < 4.78 is 2.83. The molecule has 9 aromatic carbocycles. The molecule has 57 heavy (non-hydrogen) atoms. The Morgan fingerprint density at radius 2 is 0.667 bits per heavy atom. The number of fused-ring (bicyclic) bond motifs is 3. The van der Waals surface area contributed by atoms with Gasteiger partial charge in [0.2, 0.25) is 0 Å². The van der Waals surface area contributed by atoms with Gasteiger partial charge in [-0.15, -0.1) is 0 Å². The lowest BCUT2D eigenvalue weighted by molar-refractivity contribution is 1.23. The number of anilines is 2. The number of para-hydroxylation sites is 1. The minimum atomic E-state index is -3.23. The van der Waals surface area contributed by atoms with Gasteiger partial charge in [-0.25, -0.2) is 0 Å². The third kappa shape index (κ3) is 5.85. The van der Waals surface area contributed by atoms with Gasteiger partial charge in [-0.3, -0.25) is 0 Å². The van der Waals surface area contributed by atoms with Crippen molar-refractivity contribution in [3.63, 3.8) is 0 Å². The Hall–Kier alpha value is -7.00. The van der Waals surface area contributed by atoms with E-state index in [2.05, 4.69) is 241 Å². The third-order valence-corrected chi connectivity index (χ3v) is 16.2. The molecule has 10 rings (SSSR count). The zero-order valence-corrected chi connectivity index (χ0v) is 32.7. The van der Waals surface area contributed by atoms with E-state index >= 15 is 0 Å². The van der Waals surface area contributed by atoms with E-state index in [4.69, 9.17) is 0 Å². The normalized spacial score (nSPS) is 11.8. The molecule has 1 aliphatic carbocycles. The number of rotatable bonds is 9. The summed E-state index contributed by atoms with van der Waals surface area (Å²) in [4.78, 5) is 0. The molecule has 0 aliphatic heterocycles. The molecule has 0 spiro atoms. The molecule has 0 radical (unpaired) electrons. The Morgan fingerprint density at radius 1 is 0.316 bits per heavy atom. The predicted molar refractivity (Wildman–Crippen MR) is 244 cm³/mol. The maximum Gasteiger partial charge on any atom is 0.257 e. The van der Waals surface area contributed by atoms with Gasteiger partial charge in [0.25, 0.3) is 8.24 Å². The monoisotopic (exact) mass is 743 g/mol. The van der Waals surface area contributed by atoms with E-state index in [1.165, 1.54) is 82.6 Å². The molecule has 0 fully saturated rings. The van der Waals surface area contributed by atoms with Gasteiger partial charge in [0.1, 0.15) is 0 Å². The average Bonchev–Trinajstić information content (AvgIpc) is 3.69. The fourth-order valence-corrected chi connectivity index (χ4v) is 14.2. The van der Waals surface area contributed by atoms with E-state index in [0.717, 1.165) is 6.42 Å². The quantitative estimate of drug-likeness (QED) is 0.105. The maximum absolute atomic E-state index is 3.23. The molecule has 0 amide bonds. The Balaban J connectivity index is 1.50. The van der Waals surface area contributed by atoms with E-state index in [0.29, 0.717) is 0 Å². The Labute approximate surface area is 336 Å². The summed E-state index contributed by atoms with van der Waals surface area (Å²) in [7, 11) is -3.23. The SMILES string of the molecule is c1ccc(-c2c3c(c(N(c4ccccc4)[Si](c4ccccc4)(c4ccccc4)c4ccccc4)c(-c4ccccc4)c2-c2ccccc2)Cc2ccccc2-3)cc1.